The van der Waals surface area contributed by atoms with Crippen LogP contribution in [0.15, 0.2) is 73.3 Å². The minimum atomic E-state index is -0.357. The fourth-order valence-corrected chi connectivity index (χ4v) is 4.97. The first kappa shape index (κ1) is 26.6. The second-order valence-electron chi connectivity index (χ2n) is 10.4. The summed E-state index contributed by atoms with van der Waals surface area (Å²) >= 11 is 0. The SMILES string of the molecule is CCNCc1cncc(-c2ccc3[nH]nc(-c4cc5c(-c6cc(F)cc(OCCN(C)C)c6)cncc5[nH]4)c3c2)c1. The van der Waals surface area contributed by atoms with Crippen LogP contribution >= 0.6 is 0 Å². The molecule has 2 aromatic carbocycles. The van der Waals surface area contributed by atoms with Gasteiger partial charge in [0.15, 0.2) is 0 Å². The molecule has 3 N–H and O–H groups in total. The summed E-state index contributed by atoms with van der Waals surface area (Å²) in [5.74, 6) is 0.134. The third-order valence-electron chi connectivity index (χ3n) is 7.06. The van der Waals surface area contributed by atoms with E-state index in [1.807, 2.05) is 49.6 Å². The number of ether oxygens (including phenoxy) is 1. The van der Waals surface area contributed by atoms with E-state index in [0.717, 1.165) is 75.1 Å². The van der Waals surface area contributed by atoms with Gasteiger partial charge in [0.1, 0.15) is 23.9 Å². The van der Waals surface area contributed by atoms with Crippen molar-refractivity contribution in [1.82, 2.24) is 35.4 Å². The molecule has 208 valence electrons. The predicted octanol–water partition coefficient (Wildman–Crippen LogP) is 6.02. The van der Waals surface area contributed by atoms with E-state index in [9.17, 15) is 4.39 Å². The number of hydrogen-bond donors (Lipinski definition) is 3. The van der Waals surface area contributed by atoms with Crippen molar-refractivity contribution >= 4 is 21.8 Å². The minimum Gasteiger partial charge on any atom is -0.492 e. The van der Waals surface area contributed by atoms with Gasteiger partial charge in [-0.25, -0.2) is 4.39 Å². The van der Waals surface area contributed by atoms with Crippen LogP contribution in [0.3, 0.4) is 0 Å². The molecule has 41 heavy (non-hydrogen) atoms. The van der Waals surface area contributed by atoms with Crippen LogP contribution in [-0.4, -0.2) is 63.8 Å². The van der Waals surface area contributed by atoms with Gasteiger partial charge in [0.05, 0.1) is 22.9 Å². The molecule has 9 heteroatoms. The maximum Gasteiger partial charge on any atom is 0.127 e. The third kappa shape index (κ3) is 5.68. The van der Waals surface area contributed by atoms with Crippen LogP contribution in [0.4, 0.5) is 4.39 Å². The van der Waals surface area contributed by atoms with Crippen LogP contribution in [0.25, 0.3) is 55.4 Å². The highest BCUT2D eigenvalue weighted by molar-refractivity contribution is 6.01. The topological polar surface area (TPSA) is 94.8 Å². The van der Waals surface area contributed by atoms with Gasteiger partial charge in [-0.1, -0.05) is 13.0 Å². The molecule has 0 aliphatic rings. The molecule has 0 amide bonds. The Hall–Kier alpha value is -4.60. The van der Waals surface area contributed by atoms with Crippen molar-refractivity contribution < 1.29 is 9.13 Å². The molecular formula is C32H32FN7O. The average Bonchev–Trinajstić information content (AvgIpc) is 3.59. The number of nitrogens with one attached hydrogen (secondary N) is 3. The number of fused-ring (bicyclic) bond motifs is 2. The number of likely N-dealkylation sites (N-methyl/N-ethyl adjacent to an activating group) is 1. The number of H-pyrrole nitrogens is 2. The summed E-state index contributed by atoms with van der Waals surface area (Å²) in [5, 5.41) is 13.1. The van der Waals surface area contributed by atoms with E-state index in [-0.39, 0.29) is 5.82 Å². The number of benzene rings is 2. The molecule has 0 aliphatic carbocycles. The van der Waals surface area contributed by atoms with Crippen LogP contribution in [0, 0.1) is 5.82 Å². The molecule has 4 heterocycles. The lowest BCUT2D eigenvalue weighted by molar-refractivity contribution is 0.260. The Labute approximate surface area is 237 Å². The molecule has 4 aromatic heterocycles. The number of halogens is 1. The Morgan fingerprint density at radius 2 is 1.76 bits per heavy atom. The molecule has 6 rings (SSSR count). The van der Waals surface area contributed by atoms with E-state index < -0.39 is 0 Å². The van der Waals surface area contributed by atoms with Crippen LogP contribution in [0.2, 0.25) is 0 Å². The maximum absolute atomic E-state index is 14.6. The molecule has 0 unspecified atom stereocenters. The van der Waals surface area contributed by atoms with Gasteiger partial charge in [-0.15, -0.1) is 0 Å². The molecule has 6 aromatic rings. The van der Waals surface area contributed by atoms with E-state index in [2.05, 4.69) is 55.6 Å². The summed E-state index contributed by atoms with van der Waals surface area (Å²) in [6, 6.07) is 15.2. The van der Waals surface area contributed by atoms with Crippen LogP contribution in [-0.2, 0) is 6.54 Å². The fraction of sp³-hybridized carbons (Fsp3) is 0.219. The van der Waals surface area contributed by atoms with Gasteiger partial charge in [-0.05, 0) is 73.7 Å². The second kappa shape index (κ2) is 11.5. The number of aromatic nitrogens is 5. The molecule has 0 radical (unpaired) electrons. The number of hydrogen-bond acceptors (Lipinski definition) is 6. The number of aromatic amines is 2. The zero-order valence-corrected chi connectivity index (χ0v) is 23.3. The van der Waals surface area contributed by atoms with Crippen LogP contribution in [0.5, 0.6) is 5.75 Å². The quantitative estimate of drug-likeness (QED) is 0.193. The lowest BCUT2D eigenvalue weighted by Crippen LogP contribution is -2.19. The zero-order chi connectivity index (χ0) is 28.3. The second-order valence-corrected chi connectivity index (χ2v) is 10.4. The molecule has 0 aliphatic heterocycles. The molecule has 0 fully saturated rings. The summed E-state index contributed by atoms with van der Waals surface area (Å²) in [6.07, 6.45) is 7.31. The highest BCUT2D eigenvalue weighted by Gasteiger charge is 2.16. The van der Waals surface area contributed by atoms with Gasteiger partial charge < -0.3 is 19.9 Å². The number of nitrogens with zero attached hydrogens (tertiary/aromatic N) is 4. The van der Waals surface area contributed by atoms with Crippen molar-refractivity contribution in [3.05, 3.63) is 84.7 Å². The van der Waals surface area contributed by atoms with E-state index in [1.54, 1.807) is 12.4 Å². The fourth-order valence-electron chi connectivity index (χ4n) is 4.97. The third-order valence-corrected chi connectivity index (χ3v) is 7.06. The van der Waals surface area contributed by atoms with Crippen molar-refractivity contribution in [2.75, 3.05) is 33.8 Å². The highest BCUT2D eigenvalue weighted by Crippen LogP contribution is 2.36. The van der Waals surface area contributed by atoms with E-state index >= 15 is 0 Å². The Morgan fingerprint density at radius 3 is 2.61 bits per heavy atom. The first-order valence-electron chi connectivity index (χ1n) is 13.7. The average molecular weight is 550 g/mol. The van der Waals surface area contributed by atoms with Gasteiger partial charge in [-0.2, -0.15) is 5.10 Å². The smallest absolute Gasteiger partial charge is 0.127 e. The van der Waals surface area contributed by atoms with Crippen LogP contribution in [0.1, 0.15) is 12.5 Å². The summed E-state index contributed by atoms with van der Waals surface area (Å²) in [7, 11) is 3.95. The summed E-state index contributed by atoms with van der Waals surface area (Å²) in [6.45, 7) is 4.97. The van der Waals surface area contributed by atoms with E-state index in [4.69, 9.17) is 4.74 Å². The van der Waals surface area contributed by atoms with Crippen molar-refractivity contribution in [2.45, 2.75) is 13.5 Å². The first-order valence-corrected chi connectivity index (χ1v) is 13.7. The Morgan fingerprint density at radius 1 is 0.878 bits per heavy atom. The normalized spacial score (nSPS) is 11.6. The Kier molecular flexibility index (Phi) is 7.45. The molecular weight excluding hydrogens is 517 g/mol. The lowest BCUT2D eigenvalue weighted by Gasteiger charge is -2.12. The van der Waals surface area contributed by atoms with Gasteiger partial charge in [0.2, 0.25) is 0 Å². The van der Waals surface area contributed by atoms with Crippen molar-refractivity contribution in [3.8, 4) is 39.4 Å². The van der Waals surface area contributed by atoms with Crippen molar-refractivity contribution in [1.29, 1.82) is 0 Å². The van der Waals surface area contributed by atoms with Gasteiger partial charge in [-0.3, -0.25) is 15.1 Å². The molecule has 0 atom stereocenters. The minimum absolute atomic E-state index is 0.357. The maximum atomic E-state index is 14.6. The first-order chi connectivity index (χ1) is 20.0. The Bertz CT molecular complexity index is 1820. The van der Waals surface area contributed by atoms with Crippen LogP contribution < -0.4 is 10.1 Å². The number of pyridine rings is 2. The molecule has 0 saturated heterocycles. The molecule has 0 bridgehead atoms. The van der Waals surface area contributed by atoms with Gasteiger partial charge in [0, 0.05) is 59.6 Å². The summed E-state index contributed by atoms with van der Waals surface area (Å²) in [5.41, 5.74) is 8.17. The number of rotatable bonds is 10. The lowest BCUT2D eigenvalue weighted by atomic mass is 10.0. The largest absolute Gasteiger partial charge is 0.492 e. The van der Waals surface area contributed by atoms with Gasteiger partial charge >= 0.3 is 0 Å². The van der Waals surface area contributed by atoms with E-state index in [1.165, 1.54) is 12.1 Å². The van der Waals surface area contributed by atoms with Crippen molar-refractivity contribution in [3.63, 3.8) is 0 Å². The molecule has 0 spiro atoms. The monoisotopic (exact) mass is 549 g/mol. The standard InChI is InChI=1S/C32H32FN7O/c1-4-34-15-20-9-23(17-35-16-20)21-5-6-29-27(12-21)32(39-38-29)30-14-26-28(18-36-19-31(26)37-30)22-10-24(33)13-25(11-22)41-8-7-40(2)3/h5-6,9-14,16-19,34,37H,4,7-8,15H2,1-3H3,(H,38,39). The molecule has 8 nitrogen and oxygen atoms in total. The van der Waals surface area contributed by atoms with Crippen molar-refractivity contribution in [2.24, 2.45) is 0 Å². The predicted molar refractivity (Wildman–Crippen MR) is 161 cm³/mol. The summed E-state index contributed by atoms with van der Waals surface area (Å²) < 4.78 is 20.5. The van der Waals surface area contributed by atoms with E-state index in [0.29, 0.717) is 17.9 Å². The Balaban J connectivity index is 1.37. The highest BCUT2D eigenvalue weighted by atomic mass is 19.1. The van der Waals surface area contributed by atoms with Gasteiger partial charge in [0.25, 0.3) is 0 Å². The summed E-state index contributed by atoms with van der Waals surface area (Å²) in [4.78, 5) is 14.4. The zero-order valence-electron chi connectivity index (χ0n) is 23.3. The molecule has 0 saturated carbocycles.